The summed E-state index contributed by atoms with van der Waals surface area (Å²) in [7, 11) is 0. The van der Waals surface area contributed by atoms with Gasteiger partial charge >= 0.3 is 0 Å². The van der Waals surface area contributed by atoms with Crippen LogP contribution in [0.5, 0.6) is 0 Å². The van der Waals surface area contributed by atoms with Gasteiger partial charge in [0, 0.05) is 10.4 Å². The van der Waals surface area contributed by atoms with Crippen molar-refractivity contribution >= 4 is 22.7 Å². The van der Waals surface area contributed by atoms with Gasteiger partial charge in [0.2, 0.25) is 0 Å². The molecule has 5 heteroatoms. The zero-order valence-electron chi connectivity index (χ0n) is 9.98. The third-order valence-corrected chi connectivity index (χ3v) is 3.82. The van der Waals surface area contributed by atoms with Gasteiger partial charge in [0.25, 0.3) is 0 Å². The maximum absolute atomic E-state index is 12.9. The summed E-state index contributed by atoms with van der Waals surface area (Å²) in [6.07, 6.45) is 2.03. The number of nitrogens with two attached hydrogens (primary N) is 1. The van der Waals surface area contributed by atoms with Gasteiger partial charge in [0.05, 0.1) is 5.69 Å². The molecular weight excluding hydrogens is 249 g/mol. The molecule has 2 rings (SSSR count). The molecule has 1 aromatic heterocycles. The number of hydrogen-bond acceptors (Lipinski definition) is 4. The highest BCUT2D eigenvalue weighted by molar-refractivity contribution is 7.15. The Morgan fingerprint density at radius 3 is 2.72 bits per heavy atom. The van der Waals surface area contributed by atoms with E-state index < -0.39 is 0 Å². The molecule has 0 aliphatic rings. The smallest absolute Gasteiger partial charge is 0.180 e. The summed E-state index contributed by atoms with van der Waals surface area (Å²) in [4.78, 5) is 5.36. The molecule has 0 radical (unpaired) electrons. The fraction of sp³-hybridized carbons (Fsp3) is 0.231. The molecule has 1 unspecified atom stereocenters. The largest absolute Gasteiger partial charge is 0.375 e. The second-order valence-corrected chi connectivity index (χ2v) is 5.17. The summed E-state index contributed by atoms with van der Waals surface area (Å²) in [6.45, 7) is 2.03. The molecular formula is C13H14FN3S. The van der Waals surface area contributed by atoms with Crippen molar-refractivity contribution in [3.63, 3.8) is 0 Å². The average Bonchev–Trinajstić information content (AvgIpc) is 2.73. The average molecular weight is 263 g/mol. The maximum atomic E-state index is 12.9. The molecule has 1 aromatic carbocycles. The Bertz CT molecular complexity index is 548. The lowest BCUT2D eigenvalue weighted by Crippen LogP contribution is -1.94. The van der Waals surface area contributed by atoms with Crippen molar-refractivity contribution in [1.29, 1.82) is 5.41 Å². The van der Waals surface area contributed by atoms with Gasteiger partial charge in [-0.1, -0.05) is 6.92 Å². The van der Waals surface area contributed by atoms with Gasteiger partial charge in [0.15, 0.2) is 5.13 Å². The monoisotopic (exact) mass is 263 g/mol. The van der Waals surface area contributed by atoms with E-state index >= 15 is 0 Å². The molecule has 3 nitrogen and oxygen atoms in total. The summed E-state index contributed by atoms with van der Waals surface area (Å²) in [5.41, 5.74) is 7.41. The molecule has 94 valence electrons. The van der Waals surface area contributed by atoms with Gasteiger partial charge in [-0.15, -0.1) is 11.3 Å². The first-order valence-corrected chi connectivity index (χ1v) is 6.44. The van der Waals surface area contributed by atoms with Crippen LogP contribution in [0.4, 0.5) is 9.52 Å². The van der Waals surface area contributed by atoms with Crippen LogP contribution in [0, 0.1) is 11.2 Å². The number of hydrogen-bond donors (Lipinski definition) is 2. The fourth-order valence-corrected chi connectivity index (χ4v) is 2.70. The van der Waals surface area contributed by atoms with E-state index in [0.717, 1.165) is 16.1 Å². The minimum Gasteiger partial charge on any atom is -0.375 e. The Morgan fingerprint density at radius 2 is 2.11 bits per heavy atom. The SMILES string of the molecule is CC(CC=N)c1sc(N)nc1-c1ccc(F)cc1. The Hall–Kier alpha value is -1.75. The molecule has 0 saturated heterocycles. The topological polar surface area (TPSA) is 62.8 Å². The van der Waals surface area contributed by atoms with E-state index in [2.05, 4.69) is 4.98 Å². The number of benzene rings is 1. The molecule has 0 spiro atoms. The van der Waals surface area contributed by atoms with E-state index in [9.17, 15) is 4.39 Å². The van der Waals surface area contributed by atoms with Crippen LogP contribution in [-0.2, 0) is 0 Å². The third-order valence-electron chi connectivity index (χ3n) is 2.71. The van der Waals surface area contributed by atoms with Gasteiger partial charge < -0.3 is 11.1 Å². The third kappa shape index (κ3) is 2.56. The maximum Gasteiger partial charge on any atom is 0.180 e. The number of nitrogens with zero attached hydrogens (tertiary/aromatic N) is 1. The summed E-state index contributed by atoms with van der Waals surface area (Å²) in [5.74, 6) is -0.0756. The van der Waals surface area contributed by atoms with Gasteiger partial charge in [-0.3, -0.25) is 0 Å². The predicted octanol–water partition coefficient (Wildman–Crippen LogP) is 3.67. The molecule has 3 N–H and O–H groups in total. The van der Waals surface area contributed by atoms with E-state index in [-0.39, 0.29) is 11.7 Å². The number of nitrogen functional groups attached to an aromatic ring is 1. The van der Waals surface area contributed by atoms with Crippen LogP contribution in [0.15, 0.2) is 24.3 Å². The molecule has 0 amide bonds. The van der Waals surface area contributed by atoms with Crippen molar-refractivity contribution in [2.24, 2.45) is 0 Å². The molecule has 2 aromatic rings. The second kappa shape index (κ2) is 5.27. The number of rotatable bonds is 4. The molecule has 0 aliphatic heterocycles. The molecule has 0 saturated carbocycles. The highest BCUT2D eigenvalue weighted by atomic mass is 32.1. The lowest BCUT2D eigenvalue weighted by Gasteiger charge is -2.08. The van der Waals surface area contributed by atoms with Crippen LogP contribution in [0.25, 0.3) is 11.3 Å². The summed E-state index contributed by atoms with van der Waals surface area (Å²) < 4.78 is 12.9. The number of halogens is 1. The van der Waals surface area contributed by atoms with Gasteiger partial charge in [-0.2, -0.15) is 0 Å². The Morgan fingerprint density at radius 1 is 1.44 bits per heavy atom. The lowest BCUT2D eigenvalue weighted by molar-refractivity contribution is 0.628. The Labute approximate surface area is 109 Å². The Kier molecular flexibility index (Phi) is 3.72. The molecule has 0 fully saturated rings. The van der Waals surface area contributed by atoms with E-state index in [0.29, 0.717) is 11.6 Å². The molecule has 0 aliphatic carbocycles. The van der Waals surface area contributed by atoms with Crippen LogP contribution in [0.3, 0.4) is 0 Å². The van der Waals surface area contributed by atoms with Crippen LogP contribution in [-0.4, -0.2) is 11.2 Å². The zero-order chi connectivity index (χ0) is 13.1. The van der Waals surface area contributed by atoms with Crippen molar-refractivity contribution in [2.75, 3.05) is 5.73 Å². The molecule has 18 heavy (non-hydrogen) atoms. The number of nitrogens with one attached hydrogen (secondary N) is 1. The van der Waals surface area contributed by atoms with E-state index in [1.165, 1.54) is 29.7 Å². The van der Waals surface area contributed by atoms with Crippen LogP contribution >= 0.6 is 11.3 Å². The van der Waals surface area contributed by atoms with E-state index in [1.807, 2.05) is 6.92 Å². The molecule has 0 bridgehead atoms. The lowest BCUT2D eigenvalue weighted by atomic mass is 10.0. The second-order valence-electron chi connectivity index (χ2n) is 4.11. The minimum absolute atomic E-state index is 0.192. The van der Waals surface area contributed by atoms with E-state index in [1.54, 1.807) is 12.1 Å². The zero-order valence-corrected chi connectivity index (χ0v) is 10.8. The van der Waals surface area contributed by atoms with Crippen molar-refractivity contribution in [3.05, 3.63) is 35.0 Å². The first-order valence-electron chi connectivity index (χ1n) is 5.63. The van der Waals surface area contributed by atoms with E-state index in [4.69, 9.17) is 11.1 Å². The summed E-state index contributed by atoms with van der Waals surface area (Å²) >= 11 is 1.43. The first kappa shape index (κ1) is 12.7. The van der Waals surface area contributed by atoms with Crippen molar-refractivity contribution < 1.29 is 4.39 Å². The van der Waals surface area contributed by atoms with Gasteiger partial charge in [-0.25, -0.2) is 9.37 Å². The van der Waals surface area contributed by atoms with Crippen molar-refractivity contribution in [2.45, 2.75) is 19.3 Å². The summed E-state index contributed by atoms with van der Waals surface area (Å²) in [6, 6.07) is 6.22. The summed E-state index contributed by atoms with van der Waals surface area (Å²) in [5, 5.41) is 7.67. The number of aromatic nitrogens is 1. The standard InChI is InChI=1S/C13H14FN3S/c1-8(6-7-15)12-11(17-13(16)18-12)9-2-4-10(14)5-3-9/h2-5,7-8,15H,6H2,1H3,(H2,16,17). The van der Waals surface area contributed by atoms with Crippen molar-refractivity contribution in [1.82, 2.24) is 4.98 Å². The van der Waals surface area contributed by atoms with Crippen molar-refractivity contribution in [3.8, 4) is 11.3 Å². The molecule has 1 atom stereocenters. The number of thiazole rings is 1. The van der Waals surface area contributed by atoms with Gasteiger partial charge in [-0.05, 0) is 42.8 Å². The predicted molar refractivity (Wildman–Crippen MR) is 73.7 cm³/mol. The fourth-order valence-electron chi connectivity index (χ4n) is 1.78. The quantitative estimate of drug-likeness (QED) is 0.827. The van der Waals surface area contributed by atoms with Crippen LogP contribution < -0.4 is 5.73 Å². The minimum atomic E-state index is -0.268. The van der Waals surface area contributed by atoms with Crippen LogP contribution in [0.1, 0.15) is 24.1 Å². The highest BCUT2D eigenvalue weighted by Gasteiger charge is 2.16. The normalized spacial score (nSPS) is 12.3. The highest BCUT2D eigenvalue weighted by Crippen LogP contribution is 2.36. The van der Waals surface area contributed by atoms with Gasteiger partial charge in [0.1, 0.15) is 5.82 Å². The first-order chi connectivity index (χ1) is 8.61. The number of anilines is 1. The Balaban J connectivity index is 2.43. The molecule has 1 heterocycles. The van der Waals surface area contributed by atoms with Crippen LogP contribution in [0.2, 0.25) is 0 Å².